The van der Waals surface area contributed by atoms with Crippen LogP contribution in [0.2, 0.25) is 0 Å². The number of ether oxygens (including phenoxy) is 2. The number of anilines is 2. The monoisotopic (exact) mass is 341 g/mol. The van der Waals surface area contributed by atoms with E-state index in [1.807, 2.05) is 36.4 Å². The summed E-state index contributed by atoms with van der Waals surface area (Å²) in [5.74, 6) is 2.24. The number of nitrogens with zero attached hydrogens (tertiary/aromatic N) is 4. The second-order valence-electron chi connectivity index (χ2n) is 5.62. The zero-order valence-electron chi connectivity index (χ0n) is 14.6. The number of para-hydroxylation sites is 1. The molecule has 0 bridgehead atoms. The molecule has 132 valence electrons. The molecular weight excluding hydrogens is 318 g/mol. The fourth-order valence-corrected chi connectivity index (χ4v) is 2.33. The van der Waals surface area contributed by atoms with Crippen molar-refractivity contribution in [1.82, 2.24) is 10.2 Å². The lowest BCUT2D eigenvalue weighted by molar-refractivity contribution is 0.263. The predicted molar refractivity (Wildman–Crippen MR) is 98.5 cm³/mol. The minimum Gasteiger partial charge on any atom is -0.490 e. The van der Waals surface area contributed by atoms with Crippen molar-refractivity contribution in [1.29, 1.82) is 0 Å². The zero-order valence-corrected chi connectivity index (χ0v) is 14.6. The van der Waals surface area contributed by atoms with Crippen LogP contribution in [0.5, 0.6) is 5.75 Å². The molecule has 7 heteroatoms. The lowest BCUT2D eigenvalue weighted by Crippen LogP contribution is -2.23. The number of hydrazone groups is 1. The van der Waals surface area contributed by atoms with E-state index >= 15 is 0 Å². The van der Waals surface area contributed by atoms with Gasteiger partial charge in [0.1, 0.15) is 18.5 Å². The van der Waals surface area contributed by atoms with Crippen molar-refractivity contribution in [2.45, 2.75) is 20.0 Å². The van der Waals surface area contributed by atoms with Gasteiger partial charge >= 0.3 is 0 Å². The van der Waals surface area contributed by atoms with Crippen molar-refractivity contribution in [3.8, 4) is 5.75 Å². The highest BCUT2D eigenvalue weighted by molar-refractivity contribution is 5.83. The molecule has 1 saturated heterocycles. The second kappa shape index (κ2) is 8.43. The van der Waals surface area contributed by atoms with Gasteiger partial charge in [-0.2, -0.15) is 5.10 Å². The van der Waals surface area contributed by atoms with Crippen LogP contribution in [0.25, 0.3) is 0 Å². The molecule has 0 radical (unpaired) electrons. The summed E-state index contributed by atoms with van der Waals surface area (Å²) >= 11 is 0. The summed E-state index contributed by atoms with van der Waals surface area (Å²) in [6.45, 7) is 7.33. The number of hydrogen-bond donors (Lipinski definition) is 1. The lowest BCUT2D eigenvalue weighted by Gasteiger charge is -2.18. The Morgan fingerprint density at radius 1 is 1.24 bits per heavy atom. The Hall–Kier alpha value is -2.67. The fraction of sp³-hybridized carbons (Fsp3) is 0.389. The van der Waals surface area contributed by atoms with Gasteiger partial charge in [0.2, 0.25) is 0 Å². The van der Waals surface area contributed by atoms with Crippen LogP contribution in [-0.2, 0) is 4.74 Å². The summed E-state index contributed by atoms with van der Waals surface area (Å²) in [6, 6.07) is 11.5. The van der Waals surface area contributed by atoms with Gasteiger partial charge in [-0.15, -0.1) is 10.2 Å². The molecule has 0 amide bonds. The molecule has 1 aliphatic rings. The van der Waals surface area contributed by atoms with E-state index in [-0.39, 0.29) is 6.10 Å². The summed E-state index contributed by atoms with van der Waals surface area (Å²) in [5, 5.41) is 12.6. The molecule has 1 aliphatic heterocycles. The van der Waals surface area contributed by atoms with Gasteiger partial charge in [-0.05, 0) is 38.1 Å². The first-order valence-corrected chi connectivity index (χ1v) is 8.51. The van der Waals surface area contributed by atoms with Gasteiger partial charge in [-0.1, -0.05) is 12.1 Å². The van der Waals surface area contributed by atoms with Gasteiger partial charge in [0.05, 0.1) is 12.8 Å². The minimum atomic E-state index is 0.225. The first-order chi connectivity index (χ1) is 12.3. The molecule has 1 N–H and O–H groups in total. The van der Waals surface area contributed by atoms with Crippen LogP contribution < -0.4 is 15.1 Å². The van der Waals surface area contributed by atoms with Gasteiger partial charge in [0, 0.05) is 18.7 Å². The number of rotatable bonds is 9. The van der Waals surface area contributed by atoms with Crippen molar-refractivity contribution >= 4 is 17.9 Å². The molecule has 7 nitrogen and oxygen atoms in total. The van der Waals surface area contributed by atoms with Crippen molar-refractivity contribution in [3.05, 3.63) is 42.0 Å². The summed E-state index contributed by atoms with van der Waals surface area (Å²) in [7, 11) is 0. The van der Waals surface area contributed by atoms with Crippen LogP contribution in [0.3, 0.4) is 0 Å². The van der Waals surface area contributed by atoms with Crippen molar-refractivity contribution in [2.24, 2.45) is 5.10 Å². The lowest BCUT2D eigenvalue weighted by atomic mass is 10.2. The Kier molecular flexibility index (Phi) is 5.79. The predicted octanol–water partition coefficient (Wildman–Crippen LogP) is 2.55. The highest BCUT2D eigenvalue weighted by atomic mass is 16.6. The molecule has 1 aromatic carbocycles. The Balaban J connectivity index is 1.59. The molecule has 25 heavy (non-hydrogen) atoms. The largest absolute Gasteiger partial charge is 0.490 e. The fourth-order valence-electron chi connectivity index (χ4n) is 2.33. The molecular formula is C18H23N5O2. The highest BCUT2D eigenvalue weighted by Gasteiger charge is 2.23. The van der Waals surface area contributed by atoms with Crippen LogP contribution in [0.4, 0.5) is 11.6 Å². The highest BCUT2D eigenvalue weighted by Crippen LogP contribution is 2.19. The van der Waals surface area contributed by atoms with Gasteiger partial charge in [0.25, 0.3) is 0 Å². The number of hydrogen-bond acceptors (Lipinski definition) is 7. The third kappa shape index (κ3) is 4.90. The smallest absolute Gasteiger partial charge is 0.168 e. The maximum Gasteiger partial charge on any atom is 0.168 e. The first-order valence-electron chi connectivity index (χ1n) is 8.51. The van der Waals surface area contributed by atoms with Gasteiger partial charge in [-0.25, -0.2) is 0 Å². The number of nitrogens with one attached hydrogen (secondary N) is 1. The Morgan fingerprint density at radius 2 is 2.04 bits per heavy atom. The molecule has 1 fully saturated rings. The van der Waals surface area contributed by atoms with Gasteiger partial charge in [0.15, 0.2) is 11.6 Å². The molecule has 0 spiro atoms. The maximum absolute atomic E-state index is 5.75. The molecule has 1 aromatic heterocycles. The van der Waals surface area contributed by atoms with E-state index in [9.17, 15) is 0 Å². The van der Waals surface area contributed by atoms with Gasteiger partial charge in [-0.3, -0.25) is 5.43 Å². The number of epoxide rings is 1. The Bertz CT molecular complexity index is 697. The molecule has 2 heterocycles. The van der Waals surface area contributed by atoms with Crippen LogP contribution >= 0.6 is 0 Å². The van der Waals surface area contributed by atoms with E-state index in [2.05, 4.69) is 39.5 Å². The average Bonchev–Trinajstić information content (AvgIpc) is 3.48. The normalized spacial score (nSPS) is 16.0. The van der Waals surface area contributed by atoms with E-state index in [0.717, 1.165) is 36.8 Å². The summed E-state index contributed by atoms with van der Waals surface area (Å²) in [4.78, 5) is 2.14. The zero-order chi connectivity index (χ0) is 17.5. The van der Waals surface area contributed by atoms with E-state index in [1.54, 1.807) is 6.21 Å². The van der Waals surface area contributed by atoms with Crippen LogP contribution in [0, 0.1) is 0 Å². The van der Waals surface area contributed by atoms with E-state index in [0.29, 0.717) is 12.4 Å². The van der Waals surface area contributed by atoms with Crippen molar-refractivity contribution < 1.29 is 9.47 Å². The van der Waals surface area contributed by atoms with Crippen molar-refractivity contribution in [3.63, 3.8) is 0 Å². The molecule has 3 rings (SSSR count). The minimum absolute atomic E-state index is 0.225. The number of aromatic nitrogens is 2. The van der Waals surface area contributed by atoms with E-state index in [1.165, 1.54) is 0 Å². The van der Waals surface area contributed by atoms with Gasteiger partial charge < -0.3 is 14.4 Å². The van der Waals surface area contributed by atoms with E-state index < -0.39 is 0 Å². The first kappa shape index (κ1) is 17.2. The quantitative estimate of drug-likeness (QED) is 0.429. The topological polar surface area (TPSA) is 75.2 Å². The van der Waals surface area contributed by atoms with E-state index in [4.69, 9.17) is 9.47 Å². The maximum atomic E-state index is 5.75. The van der Waals surface area contributed by atoms with Crippen LogP contribution in [-0.4, -0.2) is 48.8 Å². The third-order valence-electron chi connectivity index (χ3n) is 3.87. The van der Waals surface area contributed by atoms with Crippen LogP contribution in [0.1, 0.15) is 19.4 Å². The van der Waals surface area contributed by atoms with Crippen molar-refractivity contribution in [2.75, 3.05) is 36.6 Å². The number of benzene rings is 1. The second-order valence-corrected chi connectivity index (χ2v) is 5.62. The van der Waals surface area contributed by atoms with Crippen LogP contribution in [0.15, 0.2) is 41.5 Å². The molecule has 1 atom stereocenters. The summed E-state index contributed by atoms with van der Waals surface area (Å²) in [6.07, 6.45) is 1.94. The molecule has 2 aromatic rings. The third-order valence-corrected chi connectivity index (χ3v) is 3.87. The Labute approximate surface area is 147 Å². The molecule has 1 unspecified atom stereocenters. The molecule has 0 aliphatic carbocycles. The summed E-state index contributed by atoms with van der Waals surface area (Å²) < 4.78 is 10.9. The SMILES string of the molecule is CCN(CC)c1ccc(N/N=C/c2ccccc2OCC2CO2)nn1. The molecule has 0 saturated carbocycles. The average molecular weight is 341 g/mol. The standard InChI is InChI=1S/C18H23N5O2/c1-3-23(4-2)18-10-9-17(21-22-18)20-19-11-14-7-5-6-8-16(14)25-13-15-12-24-15/h5-11,15H,3-4,12-13H2,1-2H3,(H,20,21)/b19-11+. The Morgan fingerprint density at radius 3 is 2.72 bits per heavy atom. The summed E-state index contributed by atoms with van der Waals surface area (Å²) in [5.41, 5.74) is 3.79.